The Balaban J connectivity index is 1.63. The zero-order valence-corrected chi connectivity index (χ0v) is 13.2. The molecule has 3 aromatic heterocycles. The van der Waals surface area contributed by atoms with Crippen molar-refractivity contribution in [3.63, 3.8) is 0 Å². The fraction of sp³-hybridized carbons (Fsp3) is 0.429. The van der Waals surface area contributed by atoms with Crippen molar-refractivity contribution in [1.82, 2.24) is 15.5 Å². The maximum Gasteiger partial charge on any atom is 0.257 e. The Labute approximate surface area is 125 Å². The summed E-state index contributed by atoms with van der Waals surface area (Å²) in [6, 6.07) is 4.78. The van der Waals surface area contributed by atoms with Gasteiger partial charge < -0.3 is 9.73 Å². The molecule has 6 heteroatoms. The molecule has 0 spiro atoms. The Hall–Kier alpha value is -1.24. The van der Waals surface area contributed by atoms with Gasteiger partial charge in [-0.2, -0.15) is 0 Å². The Morgan fingerprint density at radius 2 is 2.20 bits per heavy atom. The van der Waals surface area contributed by atoms with Crippen LogP contribution in [-0.2, 0) is 6.42 Å². The van der Waals surface area contributed by atoms with Gasteiger partial charge in [-0.3, -0.25) is 0 Å². The number of nitrogens with one attached hydrogen (secondary N) is 1. The van der Waals surface area contributed by atoms with Crippen molar-refractivity contribution in [2.45, 2.75) is 32.7 Å². The summed E-state index contributed by atoms with van der Waals surface area (Å²) in [6.07, 6.45) is 1.84. The lowest BCUT2D eigenvalue weighted by Gasteiger charge is -2.05. The smallest absolute Gasteiger partial charge is 0.257 e. The number of hydrogen-bond donors (Lipinski definition) is 1. The van der Waals surface area contributed by atoms with Crippen molar-refractivity contribution < 1.29 is 4.42 Å². The SMILES string of the molecule is CC(C)NCCCc1nnc(-c2cc3sccc3s2)o1. The highest BCUT2D eigenvalue weighted by atomic mass is 32.1. The minimum atomic E-state index is 0.521. The fourth-order valence-electron chi connectivity index (χ4n) is 1.96. The molecule has 0 aliphatic carbocycles. The Kier molecular flexibility index (Phi) is 4.14. The quantitative estimate of drug-likeness (QED) is 0.701. The summed E-state index contributed by atoms with van der Waals surface area (Å²) in [4.78, 5) is 1.06. The van der Waals surface area contributed by atoms with Gasteiger partial charge in [0.05, 0.1) is 4.88 Å². The highest BCUT2D eigenvalue weighted by Gasteiger charge is 2.12. The van der Waals surface area contributed by atoms with Crippen LogP contribution >= 0.6 is 22.7 Å². The van der Waals surface area contributed by atoms with Crippen LogP contribution in [0.15, 0.2) is 21.9 Å². The lowest BCUT2D eigenvalue weighted by molar-refractivity contribution is 0.484. The molecule has 1 N–H and O–H groups in total. The number of aromatic nitrogens is 2. The summed E-state index contributed by atoms with van der Waals surface area (Å²) < 4.78 is 8.31. The van der Waals surface area contributed by atoms with Gasteiger partial charge in [-0.25, -0.2) is 0 Å². The molecule has 0 amide bonds. The molecule has 0 saturated heterocycles. The molecule has 0 radical (unpaired) electrons. The van der Waals surface area contributed by atoms with Gasteiger partial charge in [-0.1, -0.05) is 13.8 Å². The van der Waals surface area contributed by atoms with Gasteiger partial charge in [0.2, 0.25) is 5.89 Å². The summed E-state index contributed by atoms with van der Waals surface area (Å²) in [5.41, 5.74) is 0. The molecule has 0 aromatic carbocycles. The molecule has 0 aliphatic heterocycles. The minimum absolute atomic E-state index is 0.521. The molecule has 0 aliphatic rings. The van der Waals surface area contributed by atoms with Crippen molar-refractivity contribution in [2.75, 3.05) is 6.54 Å². The normalized spacial score (nSPS) is 11.8. The van der Waals surface area contributed by atoms with Gasteiger partial charge >= 0.3 is 0 Å². The Morgan fingerprint density at radius 1 is 1.30 bits per heavy atom. The van der Waals surface area contributed by atoms with Gasteiger partial charge in [-0.15, -0.1) is 32.9 Å². The average molecular weight is 307 g/mol. The number of rotatable bonds is 6. The third kappa shape index (κ3) is 3.08. The lowest BCUT2D eigenvalue weighted by Crippen LogP contribution is -2.23. The van der Waals surface area contributed by atoms with Gasteiger partial charge in [-0.05, 0) is 30.5 Å². The van der Waals surface area contributed by atoms with Crippen LogP contribution in [0.25, 0.3) is 20.2 Å². The maximum atomic E-state index is 5.74. The Morgan fingerprint density at radius 3 is 3.00 bits per heavy atom. The summed E-state index contributed by atoms with van der Waals surface area (Å²) >= 11 is 3.45. The van der Waals surface area contributed by atoms with E-state index in [4.69, 9.17) is 4.42 Å². The number of hydrogen-bond acceptors (Lipinski definition) is 6. The molecule has 3 rings (SSSR count). The predicted molar refractivity (Wildman–Crippen MR) is 84.5 cm³/mol. The molecule has 0 atom stereocenters. The molecular weight excluding hydrogens is 290 g/mol. The van der Waals surface area contributed by atoms with Crippen molar-refractivity contribution in [3.8, 4) is 10.8 Å². The van der Waals surface area contributed by atoms with E-state index in [1.165, 1.54) is 9.40 Å². The molecule has 0 bridgehead atoms. The second-order valence-corrected chi connectivity index (χ2v) is 7.00. The minimum Gasteiger partial charge on any atom is -0.420 e. The highest BCUT2D eigenvalue weighted by molar-refractivity contribution is 7.28. The predicted octanol–water partition coefficient (Wildman–Crippen LogP) is 3.94. The number of fused-ring (bicyclic) bond motifs is 1. The van der Waals surface area contributed by atoms with E-state index >= 15 is 0 Å². The fourth-order valence-corrected chi connectivity index (χ4v) is 3.99. The van der Waals surface area contributed by atoms with Crippen LogP contribution in [0.4, 0.5) is 0 Å². The van der Waals surface area contributed by atoms with Crippen molar-refractivity contribution in [1.29, 1.82) is 0 Å². The molecule has 0 saturated carbocycles. The zero-order valence-electron chi connectivity index (χ0n) is 11.5. The summed E-state index contributed by atoms with van der Waals surface area (Å²) in [5.74, 6) is 1.37. The van der Waals surface area contributed by atoms with E-state index in [0.29, 0.717) is 11.9 Å². The maximum absolute atomic E-state index is 5.74. The molecule has 0 fully saturated rings. The van der Waals surface area contributed by atoms with Gasteiger partial charge in [0.1, 0.15) is 0 Å². The van der Waals surface area contributed by atoms with Crippen LogP contribution in [0.3, 0.4) is 0 Å². The van der Waals surface area contributed by atoms with Gasteiger partial charge in [0, 0.05) is 21.9 Å². The van der Waals surface area contributed by atoms with Crippen LogP contribution in [0, 0.1) is 0 Å². The third-order valence-corrected chi connectivity index (χ3v) is 5.02. The lowest BCUT2D eigenvalue weighted by atomic mass is 10.3. The number of thiophene rings is 2. The van der Waals surface area contributed by atoms with E-state index in [-0.39, 0.29) is 0 Å². The summed E-state index contributed by atoms with van der Waals surface area (Å²) in [7, 11) is 0. The zero-order chi connectivity index (χ0) is 13.9. The van der Waals surface area contributed by atoms with E-state index in [2.05, 4.69) is 46.9 Å². The Bertz CT molecular complexity index is 655. The topological polar surface area (TPSA) is 51.0 Å². The van der Waals surface area contributed by atoms with Crippen molar-refractivity contribution in [3.05, 3.63) is 23.4 Å². The first-order valence-electron chi connectivity index (χ1n) is 6.75. The second-order valence-electron chi connectivity index (χ2n) is 4.97. The monoisotopic (exact) mass is 307 g/mol. The molecular formula is C14H17N3OS2. The van der Waals surface area contributed by atoms with E-state index in [0.717, 1.165) is 30.2 Å². The molecule has 3 aromatic rings. The van der Waals surface area contributed by atoms with Gasteiger partial charge in [0.15, 0.2) is 0 Å². The van der Waals surface area contributed by atoms with E-state index in [1.54, 1.807) is 22.7 Å². The van der Waals surface area contributed by atoms with Crippen molar-refractivity contribution >= 4 is 32.1 Å². The second kappa shape index (κ2) is 6.03. The van der Waals surface area contributed by atoms with Crippen LogP contribution in [0.1, 0.15) is 26.2 Å². The molecule has 20 heavy (non-hydrogen) atoms. The molecule has 0 unspecified atom stereocenters. The number of nitrogens with zero attached hydrogens (tertiary/aromatic N) is 2. The molecule has 106 valence electrons. The van der Waals surface area contributed by atoms with Crippen LogP contribution in [0.2, 0.25) is 0 Å². The molecule has 4 nitrogen and oxygen atoms in total. The summed E-state index contributed by atoms with van der Waals surface area (Å²) in [6.45, 7) is 5.27. The highest BCUT2D eigenvalue weighted by Crippen LogP contribution is 2.35. The molecule has 3 heterocycles. The van der Waals surface area contributed by atoms with Crippen molar-refractivity contribution in [2.24, 2.45) is 0 Å². The van der Waals surface area contributed by atoms with Crippen LogP contribution in [0.5, 0.6) is 0 Å². The number of aryl methyl sites for hydroxylation is 1. The largest absolute Gasteiger partial charge is 0.420 e. The summed E-state index contributed by atoms with van der Waals surface area (Å²) in [5, 5.41) is 13.8. The van der Waals surface area contributed by atoms with E-state index in [9.17, 15) is 0 Å². The first-order chi connectivity index (χ1) is 9.72. The van der Waals surface area contributed by atoms with E-state index < -0.39 is 0 Å². The van der Waals surface area contributed by atoms with Crippen LogP contribution in [-0.4, -0.2) is 22.8 Å². The first kappa shape index (κ1) is 13.7. The van der Waals surface area contributed by atoms with E-state index in [1.807, 2.05) is 0 Å². The first-order valence-corrected chi connectivity index (χ1v) is 8.45. The van der Waals surface area contributed by atoms with Crippen LogP contribution < -0.4 is 5.32 Å². The van der Waals surface area contributed by atoms with Gasteiger partial charge in [0.25, 0.3) is 5.89 Å². The standard InChI is InChI=1S/C14H17N3OS2/c1-9(2)15-6-3-4-13-16-17-14(18-13)12-8-11-10(20-12)5-7-19-11/h5,7-9,15H,3-4,6H2,1-2H3. The third-order valence-electron chi connectivity index (χ3n) is 2.94. The average Bonchev–Trinajstić information content (AvgIpc) is 3.08.